The van der Waals surface area contributed by atoms with Crippen molar-refractivity contribution in [3.05, 3.63) is 34.4 Å². The predicted octanol–water partition coefficient (Wildman–Crippen LogP) is 3.99. The van der Waals surface area contributed by atoms with Gasteiger partial charge in [-0.1, -0.05) is 17.7 Å². The first-order valence-electron chi connectivity index (χ1n) is 7.06. The lowest BCUT2D eigenvalue weighted by Crippen LogP contribution is -2.14. The number of aryl methyl sites for hydroxylation is 3. The van der Waals surface area contributed by atoms with E-state index in [1.54, 1.807) is 5.56 Å². The number of benzene rings is 1. The van der Waals surface area contributed by atoms with Crippen LogP contribution in [0.4, 0.5) is 0 Å². The Morgan fingerprint density at radius 3 is 2.56 bits per heavy atom. The van der Waals surface area contributed by atoms with Gasteiger partial charge in [0.15, 0.2) is 0 Å². The lowest BCUT2D eigenvalue weighted by Gasteiger charge is -2.16. The second kappa shape index (κ2) is 6.63. The smallest absolute Gasteiger partial charge is 0.0192 e. The van der Waals surface area contributed by atoms with Crippen LogP contribution in [0.3, 0.4) is 0 Å². The van der Waals surface area contributed by atoms with E-state index in [0.717, 1.165) is 5.25 Å². The summed E-state index contributed by atoms with van der Waals surface area (Å²) in [4.78, 5) is 0. The summed E-state index contributed by atoms with van der Waals surface area (Å²) in [6, 6.07) is 4.63. The van der Waals surface area contributed by atoms with Gasteiger partial charge in [-0.2, -0.15) is 11.8 Å². The van der Waals surface area contributed by atoms with Crippen LogP contribution in [0.5, 0.6) is 0 Å². The normalized spacial score (nSPS) is 20.7. The van der Waals surface area contributed by atoms with Crippen LogP contribution >= 0.6 is 11.8 Å². The maximum absolute atomic E-state index is 3.49. The molecule has 1 aliphatic rings. The molecule has 1 nitrogen and oxygen atoms in total. The second-order valence-corrected chi connectivity index (χ2v) is 6.78. The van der Waals surface area contributed by atoms with Crippen molar-refractivity contribution in [2.24, 2.45) is 0 Å². The van der Waals surface area contributed by atoms with Crippen molar-refractivity contribution < 1.29 is 0 Å². The fraction of sp³-hybridized carbons (Fsp3) is 0.625. The Bertz CT molecular complexity index is 369. The molecule has 0 aromatic heterocycles. The van der Waals surface area contributed by atoms with E-state index in [0.29, 0.717) is 0 Å². The number of hydrogen-bond acceptors (Lipinski definition) is 2. The van der Waals surface area contributed by atoms with Crippen molar-refractivity contribution in [1.29, 1.82) is 0 Å². The topological polar surface area (TPSA) is 12.0 Å². The Hall–Kier alpha value is -0.470. The molecule has 18 heavy (non-hydrogen) atoms. The monoisotopic (exact) mass is 263 g/mol. The maximum Gasteiger partial charge on any atom is 0.0192 e. The molecule has 2 heteroatoms. The van der Waals surface area contributed by atoms with E-state index >= 15 is 0 Å². The highest BCUT2D eigenvalue weighted by Crippen LogP contribution is 2.28. The minimum absolute atomic E-state index is 0.847. The summed E-state index contributed by atoms with van der Waals surface area (Å²) < 4.78 is 0. The third-order valence-corrected chi connectivity index (χ3v) is 5.22. The van der Waals surface area contributed by atoms with Crippen molar-refractivity contribution in [3.63, 3.8) is 0 Å². The molecule has 0 aliphatic carbocycles. The van der Waals surface area contributed by atoms with Crippen molar-refractivity contribution in [3.8, 4) is 0 Å². The average molecular weight is 263 g/mol. The van der Waals surface area contributed by atoms with Gasteiger partial charge in [-0.3, -0.25) is 0 Å². The van der Waals surface area contributed by atoms with E-state index in [2.05, 4.69) is 50.0 Å². The standard InChI is InChI=1S/C16H25NS/c1-12-9-13(2)16(14(3)10-12)11-18-15-5-4-7-17-8-6-15/h9-10,15,17H,4-8,11H2,1-3H3. The van der Waals surface area contributed by atoms with Crippen LogP contribution in [-0.2, 0) is 5.75 Å². The summed E-state index contributed by atoms with van der Waals surface area (Å²) >= 11 is 2.16. The highest BCUT2D eigenvalue weighted by Gasteiger charge is 2.13. The Morgan fingerprint density at radius 1 is 1.11 bits per heavy atom. The molecule has 100 valence electrons. The lowest BCUT2D eigenvalue weighted by atomic mass is 10.0. The van der Waals surface area contributed by atoms with Crippen molar-refractivity contribution in [1.82, 2.24) is 5.32 Å². The largest absolute Gasteiger partial charge is 0.317 e. The summed E-state index contributed by atoms with van der Waals surface area (Å²) in [6.45, 7) is 9.10. The first-order valence-corrected chi connectivity index (χ1v) is 8.10. The molecule has 1 aliphatic heterocycles. The molecule has 1 heterocycles. The number of rotatable bonds is 3. The molecule has 0 bridgehead atoms. The Balaban J connectivity index is 1.97. The third-order valence-electron chi connectivity index (χ3n) is 3.83. The van der Waals surface area contributed by atoms with Crippen molar-refractivity contribution in [2.75, 3.05) is 13.1 Å². The van der Waals surface area contributed by atoms with E-state index in [4.69, 9.17) is 0 Å². The van der Waals surface area contributed by atoms with Gasteiger partial charge < -0.3 is 5.32 Å². The Kier molecular flexibility index (Phi) is 5.13. The third kappa shape index (κ3) is 3.76. The van der Waals surface area contributed by atoms with Crippen molar-refractivity contribution >= 4 is 11.8 Å². The predicted molar refractivity (Wildman–Crippen MR) is 82.5 cm³/mol. The van der Waals surface area contributed by atoms with Crippen molar-refractivity contribution in [2.45, 2.75) is 51.0 Å². The van der Waals surface area contributed by atoms with Gasteiger partial charge in [-0.05, 0) is 69.8 Å². The maximum atomic E-state index is 3.49. The van der Waals surface area contributed by atoms with Gasteiger partial charge in [-0.15, -0.1) is 0 Å². The van der Waals surface area contributed by atoms with Gasteiger partial charge in [-0.25, -0.2) is 0 Å². The first-order chi connectivity index (χ1) is 8.66. The molecule has 2 rings (SSSR count). The highest BCUT2D eigenvalue weighted by atomic mass is 32.2. The quantitative estimate of drug-likeness (QED) is 0.885. The van der Waals surface area contributed by atoms with E-state index in [-0.39, 0.29) is 0 Å². The fourth-order valence-electron chi connectivity index (χ4n) is 2.79. The minimum Gasteiger partial charge on any atom is -0.317 e. The van der Waals surface area contributed by atoms with Crippen LogP contribution < -0.4 is 5.32 Å². The zero-order valence-corrected chi connectivity index (χ0v) is 12.7. The molecule has 0 radical (unpaired) electrons. The number of hydrogen-bond donors (Lipinski definition) is 1. The Morgan fingerprint density at radius 2 is 1.83 bits per heavy atom. The first kappa shape index (κ1) is 14.0. The van der Waals surface area contributed by atoms with Gasteiger partial charge in [0.2, 0.25) is 0 Å². The number of nitrogens with one attached hydrogen (secondary N) is 1. The molecule has 0 saturated carbocycles. The fourth-order valence-corrected chi connectivity index (χ4v) is 4.27. The van der Waals surface area contributed by atoms with Gasteiger partial charge in [0.25, 0.3) is 0 Å². The zero-order chi connectivity index (χ0) is 13.0. The van der Waals surface area contributed by atoms with Crippen LogP contribution in [0.25, 0.3) is 0 Å². The molecule has 1 aromatic carbocycles. The highest BCUT2D eigenvalue weighted by molar-refractivity contribution is 7.99. The van der Waals surface area contributed by atoms with E-state index in [9.17, 15) is 0 Å². The van der Waals surface area contributed by atoms with Crippen LogP contribution in [0.15, 0.2) is 12.1 Å². The van der Waals surface area contributed by atoms with E-state index in [1.165, 1.54) is 54.8 Å². The van der Waals surface area contributed by atoms with Gasteiger partial charge >= 0.3 is 0 Å². The van der Waals surface area contributed by atoms with Crippen LogP contribution in [0.2, 0.25) is 0 Å². The lowest BCUT2D eigenvalue weighted by molar-refractivity contribution is 0.703. The van der Waals surface area contributed by atoms with E-state index < -0.39 is 0 Å². The van der Waals surface area contributed by atoms with Crippen LogP contribution in [0.1, 0.15) is 41.5 Å². The molecule has 1 fully saturated rings. The molecule has 1 unspecified atom stereocenters. The average Bonchev–Trinajstić information content (AvgIpc) is 2.56. The molecular formula is C16H25NS. The molecular weight excluding hydrogens is 238 g/mol. The minimum atomic E-state index is 0.847. The molecule has 1 atom stereocenters. The Labute approximate surface area is 116 Å². The molecule has 0 amide bonds. The number of thioether (sulfide) groups is 1. The molecule has 1 N–H and O–H groups in total. The van der Waals surface area contributed by atoms with Gasteiger partial charge in [0, 0.05) is 11.0 Å². The molecule has 1 saturated heterocycles. The summed E-state index contributed by atoms with van der Waals surface area (Å²) in [6.07, 6.45) is 4.04. The molecule has 1 aromatic rings. The van der Waals surface area contributed by atoms with Gasteiger partial charge in [0.1, 0.15) is 0 Å². The van der Waals surface area contributed by atoms with Crippen LogP contribution in [0, 0.1) is 20.8 Å². The molecule has 0 spiro atoms. The summed E-state index contributed by atoms with van der Waals surface area (Å²) in [5.41, 5.74) is 5.87. The SMILES string of the molecule is Cc1cc(C)c(CSC2CCCNCC2)c(C)c1. The summed E-state index contributed by atoms with van der Waals surface area (Å²) in [5.74, 6) is 1.18. The van der Waals surface area contributed by atoms with Gasteiger partial charge in [0.05, 0.1) is 0 Å². The summed E-state index contributed by atoms with van der Waals surface area (Å²) in [5, 5.41) is 4.34. The second-order valence-electron chi connectivity index (χ2n) is 5.49. The van der Waals surface area contributed by atoms with Crippen LogP contribution in [-0.4, -0.2) is 18.3 Å². The zero-order valence-electron chi connectivity index (χ0n) is 11.9. The summed E-state index contributed by atoms with van der Waals surface area (Å²) in [7, 11) is 0. The van der Waals surface area contributed by atoms with E-state index in [1.807, 2.05) is 0 Å².